The Kier molecular flexibility index (Phi) is 10.9. The maximum atomic E-state index is 13.5. The van der Waals surface area contributed by atoms with Crippen molar-refractivity contribution in [3.05, 3.63) is 53.1 Å². The number of halogens is 1. The van der Waals surface area contributed by atoms with E-state index in [0.717, 1.165) is 29.0 Å². The lowest BCUT2D eigenvalue weighted by atomic mass is 10.1. The molecule has 0 bridgehead atoms. The summed E-state index contributed by atoms with van der Waals surface area (Å²) in [6, 6.07) is 10.7. The minimum Gasteiger partial charge on any atom is -0.497 e. The SMILES string of the molecule is CCCCNC(=O)C(C)N(Cc1ccc(OC)cc1)C(=O)CN(c1ccc(OC)c(Cl)c1)S(C)(=O)=O. The zero-order valence-electron chi connectivity index (χ0n) is 21.3. The molecule has 0 saturated carbocycles. The number of hydrogen-bond acceptors (Lipinski definition) is 6. The summed E-state index contributed by atoms with van der Waals surface area (Å²) in [6.07, 6.45) is 2.73. The maximum absolute atomic E-state index is 13.5. The van der Waals surface area contributed by atoms with Gasteiger partial charge in [0, 0.05) is 13.1 Å². The Morgan fingerprint density at radius 2 is 1.75 bits per heavy atom. The first kappa shape index (κ1) is 29.3. The summed E-state index contributed by atoms with van der Waals surface area (Å²) in [5.74, 6) is 0.172. The Morgan fingerprint density at radius 3 is 2.28 bits per heavy atom. The zero-order chi connectivity index (χ0) is 26.9. The predicted octanol–water partition coefficient (Wildman–Crippen LogP) is 3.46. The van der Waals surface area contributed by atoms with Crippen LogP contribution in [0.5, 0.6) is 11.5 Å². The van der Waals surface area contributed by atoms with Gasteiger partial charge in [-0.1, -0.05) is 37.1 Å². The standard InChI is InChI=1S/C25H34ClN3O6S/c1-6-7-14-27-25(31)18(2)28(16-19-8-11-21(34-3)12-9-19)24(30)17-29(36(5,32)33)20-10-13-23(35-4)22(26)15-20/h8-13,15,18H,6-7,14,16-17H2,1-5H3,(H,27,31). The molecule has 0 fully saturated rings. The lowest BCUT2D eigenvalue weighted by Crippen LogP contribution is -2.51. The van der Waals surface area contributed by atoms with Gasteiger partial charge in [-0.15, -0.1) is 0 Å². The number of hydrogen-bond donors (Lipinski definition) is 1. The first-order valence-corrected chi connectivity index (χ1v) is 13.8. The topological polar surface area (TPSA) is 105 Å². The normalized spacial score (nSPS) is 11.9. The summed E-state index contributed by atoms with van der Waals surface area (Å²) in [7, 11) is -0.857. The van der Waals surface area contributed by atoms with Crippen molar-refractivity contribution in [3.63, 3.8) is 0 Å². The molecule has 11 heteroatoms. The van der Waals surface area contributed by atoms with Crippen LogP contribution in [0, 0.1) is 0 Å². The van der Waals surface area contributed by atoms with Crippen LogP contribution in [0.4, 0.5) is 5.69 Å². The van der Waals surface area contributed by atoms with Gasteiger partial charge in [0.05, 0.1) is 31.2 Å². The van der Waals surface area contributed by atoms with Gasteiger partial charge in [0.2, 0.25) is 21.8 Å². The van der Waals surface area contributed by atoms with Crippen molar-refractivity contribution >= 4 is 39.1 Å². The molecule has 0 spiro atoms. The molecule has 36 heavy (non-hydrogen) atoms. The molecule has 0 saturated heterocycles. The molecule has 9 nitrogen and oxygen atoms in total. The average Bonchev–Trinajstić information content (AvgIpc) is 2.85. The van der Waals surface area contributed by atoms with Crippen molar-refractivity contribution < 1.29 is 27.5 Å². The van der Waals surface area contributed by atoms with Crippen molar-refractivity contribution in [2.24, 2.45) is 0 Å². The summed E-state index contributed by atoms with van der Waals surface area (Å²) < 4.78 is 36.6. The van der Waals surface area contributed by atoms with Gasteiger partial charge in [-0.05, 0) is 49.2 Å². The molecule has 0 aromatic heterocycles. The van der Waals surface area contributed by atoms with Crippen LogP contribution >= 0.6 is 11.6 Å². The van der Waals surface area contributed by atoms with Crippen LogP contribution in [0.25, 0.3) is 0 Å². The monoisotopic (exact) mass is 539 g/mol. The van der Waals surface area contributed by atoms with E-state index in [1.165, 1.54) is 30.2 Å². The fourth-order valence-electron chi connectivity index (χ4n) is 3.47. The van der Waals surface area contributed by atoms with Crippen LogP contribution in [-0.2, 0) is 26.2 Å². The lowest BCUT2D eigenvalue weighted by Gasteiger charge is -2.31. The third-order valence-electron chi connectivity index (χ3n) is 5.61. The smallest absolute Gasteiger partial charge is 0.244 e. The number of sulfonamides is 1. The van der Waals surface area contributed by atoms with Gasteiger partial charge in [0.1, 0.15) is 24.1 Å². The van der Waals surface area contributed by atoms with Gasteiger partial charge < -0.3 is 19.7 Å². The highest BCUT2D eigenvalue weighted by Crippen LogP contribution is 2.30. The Bertz CT molecular complexity index is 1140. The van der Waals surface area contributed by atoms with Crippen molar-refractivity contribution in [2.45, 2.75) is 39.3 Å². The molecule has 2 amide bonds. The Balaban J connectivity index is 2.37. The summed E-state index contributed by atoms with van der Waals surface area (Å²) in [5.41, 5.74) is 0.969. The van der Waals surface area contributed by atoms with E-state index in [-0.39, 0.29) is 23.2 Å². The van der Waals surface area contributed by atoms with Crippen molar-refractivity contribution in [1.82, 2.24) is 10.2 Å². The molecule has 1 atom stereocenters. The van der Waals surface area contributed by atoms with E-state index in [2.05, 4.69) is 5.32 Å². The van der Waals surface area contributed by atoms with Crippen molar-refractivity contribution in [3.8, 4) is 11.5 Å². The summed E-state index contributed by atoms with van der Waals surface area (Å²) >= 11 is 6.20. The van der Waals surface area contributed by atoms with Crippen LogP contribution < -0.4 is 19.1 Å². The van der Waals surface area contributed by atoms with Crippen molar-refractivity contribution in [2.75, 3.05) is 37.9 Å². The quantitative estimate of drug-likeness (QED) is 0.391. The fraction of sp³-hybridized carbons (Fsp3) is 0.440. The molecule has 0 heterocycles. The van der Waals surface area contributed by atoms with E-state index in [1.54, 1.807) is 38.3 Å². The minimum atomic E-state index is -3.86. The molecule has 1 unspecified atom stereocenters. The van der Waals surface area contributed by atoms with E-state index in [0.29, 0.717) is 18.0 Å². The zero-order valence-corrected chi connectivity index (χ0v) is 22.9. The first-order valence-electron chi connectivity index (χ1n) is 11.5. The number of amides is 2. The van der Waals surface area contributed by atoms with Crippen LogP contribution in [0.15, 0.2) is 42.5 Å². The third-order valence-corrected chi connectivity index (χ3v) is 7.05. The first-order chi connectivity index (χ1) is 17.0. The highest BCUT2D eigenvalue weighted by Gasteiger charge is 2.30. The summed E-state index contributed by atoms with van der Waals surface area (Å²) in [4.78, 5) is 27.7. The van der Waals surface area contributed by atoms with Gasteiger partial charge in [0.25, 0.3) is 0 Å². The van der Waals surface area contributed by atoms with Gasteiger partial charge in [0.15, 0.2) is 0 Å². The Morgan fingerprint density at radius 1 is 1.08 bits per heavy atom. The number of benzene rings is 2. The fourth-order valence-corrected chi connectivity index (χ4v) is 4.56. The average molecular weight is 540 g/mol. The predicted molar refractivity (Wildman–Crippen MR) is 141 cm³/mol. The van der Waals surface area contributed by atoms with Gasteiger partial charge >= 0.3 is 0 Å². The summed E-state index contributed by atoms with van der Waals surface area (Å²) in [5, 5.41) is 3.05. The van der Waals surface area contributed by atoms with Crippen LogP contribution in [0.3, 0.4) is 0 Å². The number of carbonyl (C=O) groups is 2. The van der Waals surface area contributed by atoms with Crippen molar-refractivity contribution in [1.29, 1.82) is 0 Å². The number of carbonyl (C=O) groups excluding carboxylic acids is 2. The molecule has 0 aliphatic carbocycles. The van der Waals surface area contributed by atoms with Gasteiger partial charge in [-0.3, -0.25) is 13.9 Å². The number of methoxy groups -OCH3 is 2. The number of rotatable bonds is 13. The number of ether oxygens (including phenoxy) is 2. The Hall–Kier alpha value is -2.98. The number of unbranched alkanes of at least 4 members (excludes halogenated alkanes) is 1. The van der Waals surface area contributed by atoms with E-state index < -0.39 is 28.5 Å². The molecule has 0 radical (unpaired) electrons. The lowest BCUT2D eigenvalue weighted by molar-refractivity contribution is -0.139. The van der Waals surface area contributed by atoms with Crippen LogP contribution in [0.2, 0.25) is 5.02 Å². The second-order valence-electron chi connectivity index (χ2n) is 8.28. The number of nitrogens with zero attached hydrogens (tertiary/aromatic N) is 2. The second-order valence-corrected chi connectivity index (χ2v) is 10.6. The molecule has 0 aliphatic rings. The molecule has 198 valence electrons. The minimum absolute atomic E-state index is 0.103. The number of anilines is 1. The van der Waals surface area contributed by atoms with Gasteiger partial charge in [-0.25, -0.2) is 8.42 Å². The van der Waals surface area contributed by atoms with Gasteiger partial charge in [-0.2, -0.15) is 0 Å². The number of nitrogens with one attached hydrogen (secondary N) is 1. The molecule has 2 rings (SSSR count). The summed E-state index contributed by atoms with van der Waals surface area (Å²) in [6.45, 7) is 3.72. The largest absolute Gasteiger partial charge is 0.497 e. The molecule has 2 aromatic carbocycles. The van der Waals surface area contributed by atoms with E-state index in [4.69, 9.17) is 21.1 Å². The van der Waals surface area contributed by atoms with E-state index >= 15 is 0 Å². The van der Waals surface area contributed by atoms with Crippen LogP contribution in [0.1, 0.15) is 32.3 Å². The molecule has 2 aromatic rings. The molecular formula is C25H34ClN3O6S. The third kappa shape index (κ3) is 8.03. The highest BCUT2D eigenvalue weighted by molar-refractivity contribution is 7.92. The Labute approximate surface area is 218 Å². The second kappa shape index (κ2) is 13.4. The molecule has 0 aliphatic heterocycles. The highest BCUT2D eigenvalue weighted by atomic mass is 35.5. The van der Waals surface area contributed by atoms with E-state index in [1.807, 2.05) is 6.92 Å². The maximum Gasteiger partial charge on any atom is 0.244 e. The van der Waals surface area contributed by atoms with E-state index in [9.17, 15) is 18.0 Å². The molecule has 1 N–H and O–H groups in total. The molecular weight excluding hydrogens is 506 g/mol. The van der Waals surface area contributed by atoms with Crippen LogP contribution in [-0.4, -0.2) is 64.7 Å².